The van der Waals surface area contributed by atoms with Crippen LogP contribution in [0.5, 0.6) is 0 Å². The maximum Gasteiger partial charge on any atom is 0.123 e. The average Bonchev–Trinajstić information content (AvgIpc) is 2.82. The summed E-state index contributed by atoms with van der Waals surface area (Å²) in [5, 5.41) is 8.21. The van der Waals surface area contributed by atoms with Crippen molar-refractivity contribution in [1.82, 2.24) is 9.88 Å². The Labute approximate surface area is 108 Å². The highest BCUT2D eigenvalue weighted by Crippen LogP contribution is 2.31. The van der Waals surface area contributed by atoms with Crippen LogP contribution in [0, 0.1) is 11.2 Å². The zero-order valence-corrected chi connectivity index (χ0v) is 10.5. The van der Waals surface area contributed by atoms with Crippen molar-refractivity contribution >= 4 is 17.7 Å². The van der Waals surface area contributed by atoms with Gasteiger partial charge in [-0.3, -0.25) is 5.41 Å². The second-order valence-corrected chi connectivity index (χ2v) is 5.33. The normalized spacial score (nSPS) is 14.4. The number of benzene rings is 1. The maximum atomic E-state index is 12.9. The summed E-state index contributed by atoms with van der Waals surface area (Å²) in [6, 6.07) is 6.43. The van der Waals surface area contributed by atoms with Gasteiger partial charge in [0.1, 0.15) is 10.8 Å². The zero-order chi connectivity index (χ0) is 12.5. The second kappa shape index (κ2) is 4.49. The fraction of sp³-hybridized carbons (Fsp3) is 0.231. The summed E-state index contributed by atoms with van der Waals surface area (Å²) in [5.41, 5.74) is 2.08. The first kappa shape index (κ1) is 11.3. The molecule has 2 heterocycles. The minimum atomic E-state index is -0.227. The first-order valence-corrected chi connectivity index (χ1v) is 6.57. The van der Waals surface area contributed by atoms with Crippen LogP contribution in [0.3, 0.4) is 0 Å². The van der Waals surface area contributed by atoms with E-state index in [1.807, 2.05) is 4.90 Å². The van der Waals surface area contributed by atoms with Crippen LogP contribution in [-0.2, 0) is 13.0 Å². The number of rotatable bonds is 2. The molecule has 1 aliphatic rings. The van der Waals surface area contributed by atoms with Crippen LogP contribution in [0.15, 0.2) is 24.3 Å². The highest BCUT2D eigenvalue weighted by atomic mass is 32.1. The summed E-state index contributed by atoms with van der Waals surface area (Å²) in [5.74, 6) is -0.227. The number of nitrogens with one attached hydrogen (secondary N) is 1. The monoisotopic (exact) mass is 261 g/mol. The Morgan fingerprint density at radius 1 is 1.33 bits per heavy atom. The van der Waals surface area contributed by atoms with Crippen LogP contribution in [0.1, 0.15) is 10.6 Å². The van der Waals surface area contributed by atoms with Crippen LogP contribution in [0.25, 0.3) is 10.6 Å². The Morgan fingerprint density at radius 2 is 2.11 bits per heavy atom. The van der Waals surface area contributed by atoms with Gasteiger partial charge in [-0.15, -0.1) is 11.3 Å². The van der Waals surface area contributed by atoms with Crippen LogP contribution < -0.4 is 0 Å². The number of halogens is 1. The Morgan fingerprint density at radius 3 is 2.83 bits per heavy atom. The number of fused-ring (bicyclic) bond motifs is 1. The molecule has 3 nitrogen and oxygen atoms in total. The van der Waals surface area contributed by atoms with E-state index in [9.17, 15) is 4.39 Å². The maximum absolute atomic E-state index is 12.9. The van der Waals surface area contributed by atoms with Gasteiger partial charge in [0.15, 0.2) is 0 Å². The first-order valence-electron chi connectivity index (χ1n) is 5.75. The number of thiazole rings is 1. The molecule has 0 fully saturated rings. The lowest BCUT2D eigenvalue weighted by Gasteiger charge is -2.22. The summed E-state index contributed by atoms with van der Waals surface area (Å²) < 4.78 is 12.9. The van der Waals surface area contributed by atoms with Crippen molar-refractivity contribution in [3.8, 4) is 10.6 Å². The molecule has 1 aliphatic heterocycles. The molecule has 1 N–H and O–H groups in total. The first-order chi connectivity index (χ1) is 8.76. The van der Waals surface area contributed by atoms with Gasteiger partial charge in [0.2, 0.25) is 0 Å². The minimum Gasteiger partial charge on any atom is -0.358 e. The smallest absolute Gasteiger partial charge is 0.123 e. The van der Waals surface area contributed by atoms with Crippen molar-refractivity contribution < 1.29 is 4.39 Å². The number of aromatic nitrogens is 1. The molecule has 0 spiro atoms. The van der Waals surface area contributed by atoms with Gasteiger partial charge in [-0.1, -0.05) is 0 Å². The zero-order valence-electron chi connectivity index (χ0n) is 9.69. The molecule has 0 bridgehead atoms. The van der Waals surface area contributed by atoms with Crippen molar-refractivity contribution in [2.24, 2.45) is 0 Å². The van der Waals surface area contributed by atoms with E-state index in [4.69, 9.17) is 5.41 Å². The van der Waals surface area contributed by atoms with Crippen molar-refractivity contribution in [2.45, 2.75) is 13.0 Å². The molecule has 0 aliphatic carbocycles. The van der Waals surface area contributed by atoms with Crippen LogP contribution in [0.4, 0.5) is 4.39 Å². The molecule has 0 radical (unpaired) electrons. The van der Waals surface area contributed by atoms with Gasteiger partial charge in [0, 0.05) is 23.4 Å². The van der Waals surface area contributed by atoms with E-state index in [1.165, 1.54) is 23.3 Å². The van der Waals surface area contributed by atoms with Gasteiger partial charge >= 0.3 is 0 Å². The Balaban J connectivity index is 1.93. The molecule has 92 valence electrons. The van der Waals surface area contributed by atoms with Gasteiger partial charge in [-0.25, -0.2) is 9.37 Å². The molecule has 3 rings (SSSR count). The summed E-state index contributed by atoms with van der Waals surface area (Å²) in [4.78, 5) is 7.79. The van der Waals surface area contributed by atoms with E-state index >= 15 is 0 Å². The lowest BCUT2D eigenvalue weighted by atomic mass is 10.2. The molecule has 1 aromatic heterocycles. The van der Waals surface area contributed by atoms with Gasteiger partial charge in [0.25, 0.3) is 0 Å². The number of hydrogen-bond acceptors (Lipinski definition) is 3. The average molecular weight is 261 g/mol. The lowest BCUT2D eigenvalue weighted by molar-refractivity contribution is 0.405. The summed E-state index contributed by atoms with van der Waals surface area (Å²) in [7, 11) is 0. The third-order valence-corrected chi connectivity index (χ3v) is 4.17. The summed E-state index contributed by atoms with van der Waals surface area (Å²) in [6.45, 7) is 1.61. The second-order valence-electron chi connectivity index (χ2n) is 4.25. The topological polar surface area (TPSA) is 40.0 Å². The number of hydrogen-bond donors (Lipinski definition) is 1. The van der Waals surface area contributed by atoms with E-state index < -0.39 is 0 Å². The predicted molar refractivity (Wildman–Crippen MR) is 70.4 cm³/mol. The van der Waals surface area contributed by atoms with E-state index in [0.29, 0.717) is 0 Å². The SMILES string of the molecule is N=CN1CCc2nc(-c3ccc(F)cc3)sc2C1. The standard InChI is InChI=1S/C13H12FN3S/c14-10-3-1-9(2-4-10)13-16-11-5-6-17(8-15)7-12(11)18-13/h1-4,8,15H,5-7H2. The molecular weight excluding hydrogens is 249 g/mol. The van der Waals surface area contributed by atoms with Gasteiger partial charge in [-0.2, -0.15) is 0 Å². The van der Waals surface area contributed by atoms with Gasteiger partial charge in [-0.05, 0) is 24.3 Å². The van der Waals surface area contributed by atoms with Crippen LogP contribution in [0.2, 0.25) is 0 Å². The van der Waals surface area contributed by atoms with E-state index in [2.05, 4.69) is 4.98 Å². The molecule has 5 heteroatoms. The highest BCUT2D eigenvalue weighted by molar-refractivity contribution is 7.15. The molecule has 2 aromatic rings. The third kappa shape index (κ3) is 2.01. The summed E-state index contributed by atoms with van der Waals surface area (Å²) in [6.07, 6.45) is 2.25. The lowest BCUT2D eigenvalue weighted by Crippen LogP contribution is -2.28. The summed E-state index contributed by atoms with van der Waals surface area (Å²) >= 11 is 1.63. The quantitative estimate of drug-likeness (QED) is 0.667. The van der Waals surface area contributed by atoms with Crippen LogP contribution in [-0.4, -0.2) is 22.8 Å². The molecular formula is C13H12FN3S. The fourth-order valence-corrected chi connectivity index (χ4v) is 3.18. The van der Waals surface area contributed by atoms with Crippen molar-refractivity contribution in [1.29, 1.82) is 5.41 Å². The third-order valence-electron chi connectivity index (χ3n) is 3.03. The Hall–Kier alpha value is -1.75. The van der Waals surface area contributed by atoms with E-state index in [1.54, 1.807) is 23.5 Å². The molecule has 0 saturated carbocycles. The van der Waals surface area contributed by atoms with Crippen molar-refractivity contribution in [3.63, 3.8) is 0 Å². The fourth-order valence-electron chi connectivity index (χ4n) is 2.04. The Bertz CT molecular complexity index is 576. The van der Waals surface area contributed by atoms with Gasteiger partial charge < -0.3 is 4.90 Å². The minimum absolute atomic E-state index is 0.227. The highest BCUT2D eigenvalue weighted by Gasteiger charge is 2.19. The number of nitrogens with zero attached hydrogens (tertiary/aromatic N) is 2. The molecule has 0 unspecified atom stereocenters. The molecule has 1 aromatic carbocycles. The predicted octanol–water partition coefficient (Wildman–Crippen LogP) is 2.91. The van der Waals surface area contributed by atoms with Gasteiger partial charge in [0.05, 0.1) is 18.6 Å². The largest absolute Gasteiger partial charge is 0.358 e. The van der Waals surface area contributed by atoms with Crippen molar-refractivity contribution in [2.75, 3.05) is 6.54 Å². The van der Waals surface area contributed by atoms with E-state index in [-0.39, 0.29) is 5.82 Å². The molecule has 0 saturated heterocycles. The van der Waals surface area contributed by atoms with E-state index in [0.717, 1.165) is 35.8 Å². The van der Waals surface area contributed by atoms with Crippen LogP contribution >= 0.6 is 11.3 Å². The Kier molecular flexibility index (Phi) is 2.83. The molecule has 18 heavy (non-hydrogen) atoms. The van der Waals surface area contributed by atoms with Crippen molar-refractivity contribution in [3.05, 3.63) is 40.7 Å². The molecule has 0 atom stereocenters. The molecule has 0 amide bonds.